The van der Waals surface area contributed by atoms with Crippen LogP contribution in [0.2, 0.25) is 0 Å². The zero-order valence-electron chi connectivity index (χ0n) is 12.6. The molecular weight excluding hydrogens is 272 g/mol. The van der Waals surface area contributed by atoms with Crippen molar-refractivity contribution in [3.63, 3.8) is 0 Å². The number of hydrogen-bond donors (Lipinski definition) is 3. The number of nitrogens with two attached hydrogens (primary N) is 1. The molecule has 0 spiro atoms. The number of nitrogens with one attached hydrogen (secondary N) is 2. The second-order valence-corrected chi connectivity index (χ2v) is 5.49. The SMILES string of the molecule is CCCNc1cccc(NCC(C)(C)C(N)=O)c1[N+](=O)[O-]. The predicted octanol–water partition coefficient (Wildman–Crippen LogP) is 2.34. The van der Waals surface area contributed by atoms with E-state index in [0.717, 1.165) is 6.42 Å². The molecule has 0 saturated carbocycles. The maximum absolute atomic E-state index is 11.3. The van der Waals surface area contributed by atoms with E-state index in [2.05, 4.69) is 10.6 Å². The highest BCUT2D eigenvalue weighted by Gasteiger charge is 2.26. The summed E-state index contributed by atoms with van der Waals surface area (Å²) in [5.74, 6) is -0.460. The smallest absolute Gasteiger partial charge is 0.315 e. The van der Waals surface area contributed by atoms with Gasteiger partial charge >= 0.3 is 5.69 Å². The number of carbonyl (C=O) groups is 1. The van der Waals surface area contributed by atoms with E-state index in [1.165, 1.54) is 0 Å². The van der Waals surface area contributed by atoms with E-state index in [4.69, 9.17) is 5.73 Å². The van der Waals surface area contributed by atoms with Crippen LogP contribution in [0.25, 0.3) is 0 Å². The van der Waals surface area contributed by atoms with Crippen LogP contribution >= 0.6 is 0 Å². The van der Waals surface area contributed by atoms with E-state index in [9.17, 15) is 14.9 Å². The number of nitrogens with zero attached hydrogens (tertiary/aromatic N) is 1. The van der Waals surface area contributed by atoms with Crippen LogP contribution in [0.15, 0.2) is 18.2 Å². The second-order valence-electron chi connectivity index (χ2n) is 5.49. The van der Waals surface area contributed by atoms with Gasteiger partial charge in [-0.25, -0.2) is 0 Å². The van der Waals surface area contributed by atoms with Gasteiger partial charge < -0.3 is 16.4 Å². The van der Waals surface area contributed by atoms with Gasteiger partial charge in [0.05, 0.1) is 10.3 Å². The van der Waals surface area contributed by atoms with Crippen LogP contribution in [0, 0.1) is 15.5 Å². The first-order valence-corrected chi connectivity index (χ1v) is 6.84. The number of amides is 1. The number of nitro groups is 1. The van der Waals surface area contributed by atoms with Crippen LogP contribution in [0.3, 0.4) is 0 Å². The van der Waals surface area contributed by atoms with Gasteiger partial charge in [0.25, 0.3) is 0 Å². The molecule has 0 aromatic heterocycles. The lowest BCUT2D eigenvalue weighted by molar-refractivity contribution is -0.383. The van der Waals surface area contributed by atoms with Gasteiger partial charge in [0, 0.05) is 13.1 Å². The molecule has 4 N–H and O–H groups in total. The number of carbonyl (C=O) groups excluding carboxylic acids is 1. The van der Waals surface area contributed by atoms with E-state index in [0.29, 0.717) is 17.9 Å². The Balaban J connectivity index is 3.01. The molecule has 1 aromatic rings. The maximum Gasteiger partial charge on any atom is 0.315 e. The molecular formula is C14H22N4O3. The summed E-state index contributed by atoms with van der Waals surface area (Å²) in [5.41, 5.74) is 5.32. The minimum absolute atomic E-state index is 0.0220. The van der Waals surface area contributed by atoms with E-state index < -0.39 is 16.2 Å². The van der Waals surface area contributed by atoms with Crippen molar-refractivity contribution in [1.82, 2.24) is 0 Å². The summed E-state index contributed by atoms with van der Waals surface area (Å²) in [5, 5.41) is 17.3. The molecule has 7 heteroatoms. The summed E-state index contributed by atoms with van der Waals surface area (Å²) in [6.45, 7) is 6.23. The van der Waals surface area contributed by atoms with Gasteiger partial charge in [0.1, 0.15) is 11.4 Å². The number of anilines is 2. The molecule has 0 atom stereocenters. The molecule has 0 radical (unpaired) electrons. The van der Waals surface area contributed by atoms with Crippen molar-refractivity contribution in [3.05, 3.63) is 28.3 Å². The van der Waals surface area contributed by atoms with E-state index in [1.807, 2.05) is 6.92 Å². The Morgan fingerprint density at radius 2 is 1.90 bits per heavy atom. The van der Waals surface area contributed by atoms with Crippen molar-refractivity contribution in [2.45, 2.75) is 27.2 Å². The molecule has 0 aliphatic carbocycles. The predicted molar refractivity (Wildman–Crippen MR) is 83.3 cm³/mol. The van der Waals surface area contributed by atoms with Crippen molar-refractivity contribution in [3.8, 4) is 0 Å². The molecule has 1 rings (SSSR count). The topological polar surface area (TPSA) is 110 Å². The first-order chi connectivity index (χ1) is 9.79. The first kappa shape index (κ1) is 16.7. The second kappa shape index (κ2) is 6.92. The summed E-state index contributed by atoms with van der Waals surface area (Å²) in [4.78, 5) is 22.2. The summed E-state index contributed by atoms with van der Waals surface area (Å²) < 4.78 is 0. The summed E-state index contributed by atoms with van der Waals surface area (Å²) in [6, 6.07) is 5.01. The molecule has 7 nitrogen and oxygen atoms in total. The van der Waals surface area contributed by atoms with Crippen molar-refractivity contribution in [2.24, 2.45) is 11.1 Å². The van der Waals surface area contributed by atoms with Gasteiger partial charge in [-0.1, -0.05) is 13.0 Å². The average Bonchev–Trinajstić information content (AvgIpc) is 2.42. The van der Waals surface area contributed by atoms with Gasteiger partial charge in [-0.3, -0.25) is 14.9 Å². The van der Waals surface area contributed by atoms with Crippen molar-refractivity contribution >= 4 is 23.0 Å². The monoisotopic (exact) mass is 294 g/mol. The van der Waals surface area contributed by atoms with Crippen LogP contribution in [-0.2, 0) is 4.79 Å². The summed E-state index contributed by atoms with van der Waals surface area (Å²) >= 11 is 0. The fourth-order valence-corrected chi connectivity index (χ4v) is 1.69. The van der Waals surface area contributed by atoms with Crippen molar-refractivity contribution in [2.75, 3.05) is 23.7 Å². The Morgan fingerprint density at radius 3 is 2.38 bits per heavy atom. The number of benzene rings is 1. The van der Waals surface area contributed by atoms with Gasteiger partial charge in [0.2, 0.25) is 5.91 Å². The molecule has 1 amide bonds. The molecule has 0 saturated heterocycles. The lowest BCUT2D eigenvalue weighted by Crippen LogP contribution is -2.37. The zero-order valence-corrected chi connectivity index (χ0v) is 12.6. The fourth-order valence-electron chi connectivity index (χ4n) is 1.69. The first-order valence-electron chi connectivity index (χ1n) is 6.84. The summed E-state index contributed by atoms with van der Waals surface area (Å²) in [6.07, 6.45) is 0.865. The molecule has 116 valence electrons. The third-order valence-corrected chi connectivity index (χ3v) is 3.17. The van der Waals surface area contributed by atoms with E-state index in [1.54, 1.807) is 32.0 Å². The van der Waals surface area contributed by atoms with Crippen LogP contribution in [-0.4, -0.2) is 23.9 Å². The standard InChI is InChI=1S/C14H22N4O3/c1-4-8-16-10-6-5-7-11(12(10)18(20)21)17-9-14(2,3)13(15)19/h5-7,16-17H,4,8-9H2,1-3H3,(H2,15,19). The Bertz CT molecular complexity index is 529. The summed E-state index contributed by atoms with van der Waals surface area (Å²) in [7, 11) is 0. The third-order valence-electron chi connectivity index (χ3n) is 3.17. The van der Waals surface area contributed by atoms with Gasteiger partial charge in [-0.15, -0.1) is 0 Å². The highest BCUT2D eigenvalue weighted by Crippen LogP contribution is 2.33. The van der Waals surface area contributed by atoms with Crippen molar-refractivity contribution < 1.29 is 9.72 Å². The highest BCUT2D eigenvalue weighted by atomic mass is 16.6. The molecule has 0 aliphatic rings. The molecule has 0 bridgehead atoms. The molecule has 21 heavy (non-hydrogen) atoms. The average molecular weight is 294 g/mol. The quantitative estimate of drug-likeness (QED) is 0.503. The van der Waals surface area contributed by atoms with E-state index in [-0.39, 0.29) is 12.2 Å². The number of primary amides is 1. The number of rotatable bonds is 8. The molecule has 1 aromatic carbocycles. The number of nitro benzene ring substituents is 1. The van der Waals surface area contributed by atoms with Crippen LogP contribution in [0.4, 0.5) is 17.1 Å². The Kier molecular flexibility index (Phi) is 5.52. The lowest BCUT2D eigenvalue weighted by atomic mass is 9.92. The normalized spacial score (nSPS) is 11.0. The van der Waals surface area contributed by atoms with Gasteiger partial charge in [-0.05, 0) is 32.4 Å². The maximum atomic E-state index is 11.3. The molecule has 0 fully saturated rings. The van der Waals surface area contributed by atoms with Gasteiger partial charge in [0.15, 0.2) is 0 Å². The van der Waals surface area contributed by atoms with E-state index >= 15 is 0 Å². The fraction of sp³-hybridized carbons (Fsp3) is 0.500. The lowest BCUT2D eigenvalue weighted by Gasteiger charge is -2.21. The Morgan fingerprint density at radius 1 is 1.33 bits per heavy atom. The van der Waals surface area contributed by atoms with Crippen LogP contribution in [0.5, 0.6) is 0 Å². The zero-order chi connectivity index (χ0) is 16.0. The number of hydrogen-bond acceptors (Lipinski definition) is 5. The Hall–Kier alpha value is -2.31. The minimum Gasteiger partial charge on any atom is -0.379 e. The van der Waals surface area contributed by atoms with Gasteiger partial charge in [-0.2, -0.15) is 0 Å². The molecule has 0 unspecified atom stereocenters. The third kappa shape index (κ3) is 4.34. The number of para-hydroxylation sites is 1. The Labute approximate surface area is 124 Å². The molecule has 0 aliphatic heterocycles. The highest BCUT2D eigenvalue weighted by molar-refractivity contribution is 5.81. The minimum atomic E-state index is -0.791. The van der Waals surface area contributed by atoms with Crippen molar-refractivity contribution in [1.29, 1.82) is 0 Å². The van der Waals surface area contributed by atoms with Crippen LogP contribution < -0.4 is 16.4 Å². The molecule has 0 heterocycles. The largest absolute Gasteiger partial charge is 0.379 e. The van der Waals surface area contributed by atoms with Crippen LogP contribution in [0.1, 0.15) is 27.2 Å².